The number of likely N-dealkylation sites (tertiary alicyclic amines) is 1. The number of aromatic nitrogens is 2. The van der Waals surface area contributed by atoms with Gasteiger partial charge in [-0.05, 0) is 50.0 Å². The highest BCUT2D eigenvalue weighted by atomic mass is 35.5. The summed E-state index contributed by atoms with van der Waals surface area (Å²) in [4.78, 5) is 28.5. The van der Waals surface area contributed by atoms with E-state index < -0.39 is 5.91 Å². The molecule has 0 saturated carbocycles. The molecule has 202 valence electrons. The van der Waals surface area contributed by atoms with Gasteiger partial charge < -0.3 is 20.7 Å². The van der Waals surface area contributed by atoms with Crippen LogP contribution in [-0.4, -0.2) is 90.7 Å². The van der Waals surface area contributed by atoms with Crippen molar-refractivity contribution in [3.05, 3.63) is 45.7 Å². The topological polar surface area (TPSA) is 99.8 Å². The lowest BCUT2D eigenvalue weighted by Gasteiger charge is -2.47. The van der Waals surface area contributed by atoms with Crippen molar-refractivity contribution in [2.24, 2.45) is 0 Å². The van der Waals surface area contributed by atoms with Crippen LogP contribution in [-0.2, 0) is 11.3 Å². The fourth-order valence-corrected chi connectivity index (χ4v) is 5.67. The molecule has 0 aliphatic carbocycles. The van der Waals surface area contributed by atoms with E-state index >= 15 is 0 Å². The Hall–Kier alpha value is -2.17. The van der Waals surface area contributed by atoms with Crippen LogP contribution in [0.5, 0.6) is 0 Å². The molecular weight excluding hydrogens is 513 g/mol. The molecule has 1 aromatic carbocycles. The summed E-state index contributed by atoms with van der Waals surface area (Å²) in [7, 11) is 1.57. The lowest BCUT2D eigenvalue weighted by molar-refractivity contribution is 0.0610. The fourth-order valence-electron chi connectivity index (χ4n) is 5.30. The smallest absolute Gasteiger partial charge is 0.273 e. The van der Waals surface area contributed by atoms with Crippen molar-refractivity contribution >= 4 is 40.7 Å². The molecule has 4 rings (SSSR count). The third kappa shape index (κ3) is 7.03. The lowest BCUT2D eigenvalue weighted by atomic mass is 9.98. The molecular formula is C26H37Cl2N7O2. The first kappa shape index (κ1) is 27.9. The summed E-state index contributed by atoms with van der Waals surface area (Å²) in [6.07, 6.45) is 3.34. The zero-order valence-electron chi connectivity index (χ0n) is 21.6. The van der Waals surface area contributed by atoms with Crippen LogP contribution in [0.25, 0.3) is 0 Å². The van der Waals surface area contributed by atoms with Gasteiger partial charge in [0.25, 0.3) is 5.91 Å². The Balaban J connectivity index is 1.34. The van der Waals surface area contributed by atoms with Crippen molar-refractivity contribution in [2.45, 2.75) is 44.8 Å². The molecule has 9 nitrogen and oxygen atoms in total. The minimum atomic E-state index is -0.408. The van der Waals surface area contributed by atoms with E-state index in [1.807, 2.05) is 12.1 Å². The fraction of sp³-hybridized carbons (Fsp3) is 0.577. The Morgan fingerprint density at radius 1 is 1.14 bits per heavy atom. The summed E-state index contributed by atoms with van der Waals surface area (Å²) in [6.45, 7) is 8.64. The summed E-state index contributed by atoms with van der Waals surface area (Å²) < 4.78 is 4.96. The number of benzene rings is 1. The highest BCUT2D eigenvalue weighted by molar-refractivity contribution is 6.32. The van der Waals surface area contributed by atoms with Gasteiger partial charge in [0.05, 0.1) is 6.61 Å². The Morgan fingerprint density at radius 2 is 1.86 bits per heavy atom. The number of halogens is 2. The van der Waals surface area contributed by atoms with Crippen LogP contribution < -0.4 is 16.0 Å². The van der Waals surface area contributed by atoms with Gasteiger partial charge in [-0.15, -0.1) is 0 Å². The average Bonchev–Trinajstić information content (AvgIpc) is 2.91. The predicted molar refractivity (Wildman–Crippen MR) is 148 cm³/mol. The number of carbonyl (C=O) groups excluding carboxylic acids is 1. The number of anilines is 2. The molecule has 2 saturated heterocycles. The number of hydrogen-bond donors (Lipinski definition) is 2. The van der Waals surface area contributed by atoms with Crippen LogP contribution in [0.4, 0.5) is 11.6 Å². The summed E-state index contributed by atoms with van der Waals surface area (Å²) in [5, 5.41) is 3.69. The summed E-state index contributed by atoms with van der Waals surface area (Å²) in [5.41, 5.74) is 7.46. The van der Waals surface area contributed by atoms with Gasteiger partial charge in [-0.25, -0.2) is 9.97 Å². The van der Waals surface area contributed by atoms with Crippen LogP contribution in [0.1, 0.15) is 42.2 Å². The number of carbonyl (C=O) groups is 1. The molecule has 2 fully saturated rings. The maximum atomic E-state index is 12.4. The number of nitrogens with one attached hydrogen (secondary N) is 1. The third-order valence-electron chi connectivity index (χ3n) is 7.31. The largest absolute Gasteiger partial charge is 0.383 e. The van der Waals surface area contributed by atoms with E-state index in [9.17, 15) is 4.79 Å². The van der Waals surface area contributed by atoms with E-state index in [0.717, 1.165) is 63.6 Å². The number of piperazine rings is 1. The Labute approximate surface area is 229 Å². The first-order valence-electron chi connectivity index (χ1n) is 13.0. The van der Waals surface area contributed by atoms with Gasteiger partial charge in [0, 0.05) is 56.9 Å². The molecule has 3 N–H and O–H groups in total. The van der Waals surface area contributed by atoms with Gasteiger partial charge >= 0.3 is 0 Å². The Morgan fingerprint density at radius 3 is 2.54 bits per heavy atom. The maximum absolute atomic E-state index is 12.4. The average molecular weight is 551 g/mol. The molecule has 0 bridgehead atoms. The van der Waals surface area contributed by atoms with Crippen LogP contribution in [0, 0.1) is 0 Å². The minimum absolute atomic E-state index is 0.0425. The van der Waals surface area contributed by atoms with Gasteiger partial charge in [-0.3, -0.25) is 14.6 Å². The first-order chi connectivity index (χ1) is 17.9. The van der Waals surface area contributed by atoms with Crippen molar-refractivity contribution < 1.29 is 9.53 Å². The number of ether oxygens (including phenoxy) is 1. The number of hydrogen-bond acceptors (Lipinski definition) is 8. The van der Waals surface area contributed by atoms with E-state index in [1.165, 1.54) is 5.56 Å². The second-order valence-electron chi connectivity index (χ2n) is 9.70. The quantitative estimate of drug-likeness (QED) is 0.459. The van der Waals surface area contributed by atoms with Gasteiger partial charge in [-0.2, -0.15) is 0 Å². The van der Waals surface area contributed by atoms with Crippen LogP contribution in [0.3, 0.4) is 0 Å². The van der Waals surface area contributed by atoms with Gasteiger partial charge in [-0.1, -0.05) is 42.3 Å². The number of nitrogens with two attached hydrogens (primary N) is 1. The molecule has 1 atom stereocenters. The summed E-state index contributed by atoms with van der Waals surface area (Å²) >= 11 is 12.5. The van der Waals surface area contributed by atoms with Crippen molar-refractivity contribution in [2.75, 3.05) is 63.6 Å². The number of rotatable bonds is 9. The zero-order valence-corrected chi connectivity index (χ0v) is 23.1. The van der Waals surface area contributed by atoms with Crippen LogP contribution in [0.15, 0.2) is 24.3 Å². The van der Waals surface area contributed by atoms with Crippen LogP contribution >= 0.6 is 23.2 Å². The Kier molecular flexibility index (Phi) is 9.83. The van der Waals surface area contributed by atoms with Crippen LogP contribution in [0.2, 0.25) is 10.2 Å². The molecule has 2 aliphatic heterocycles. The second kappa shape index (κ2) is 13.1. The molecule has 11 heteroatoms. The van der Waals surface area contributed by atoms with E-state index in [4.69, 9.17) is 33.7 Å². The predicted octanol–water partition coefficient (Wildman–Crippen LogP) is 3.31. The Bertz CT molecular complexity index is 1050. The molecule has 0 spiro atoms. The number of methoxy groups -OCH3 is 1. The second-order valence-corrected chi connectivity index (χ2v) is 10.5. The highest BCUT2D eigenvalue weighted by Gasteiger charge is 2.34. The summed E-state index contributed by atoms with van der Waals surface area (Å²) in [6, 6.07) is 9.11. The van der Waals surface area contributed by atoms with E-state index in [0.29, 0.717) is 31.1 Å². The highest BCUT2D eigenvalue weighted by Crippen LogP contribution is 2.30. The molecule has 1 amide bonds. The monoisotopic (exact) mass is 549 g/mol. The van der Waals surface area contributed by atoms with E-state index in [-0.39, 0.29) is 16.7 Å². The van der Waals surface area contributed by atoms with Crippen molar-refractivity contribution in [1.82, 2.24) is 25.1 Å². The van der Waals surface area contributed by atoms with Gasteiger partial charge in [0.2, 0.25) is 0 Å². The first-order valence-corrected chi connectivity index (χ1v) is 13.7. The van der Waals surface area contributed by atoms with E-state index in [2.05, 4.69) is 49.0 Å². The molecule has 2 aliphatic rings. The molecule has 37 heavy (non-hydrogen) atoms. The van der Waals surface area contributed by atoms with E-state index in [1.54, 1.807) is 7.11 Å². The lowest BCUT2D eigenvalue weighted by Crippen LogP contribution is -2.58. The molecule has 0 unspecified atom stereocenters. The summed E-state index contributed by atoms with van der Waals surface area (Å²) in [5.74, 6) is 0.218. The number of nitrogens with zero attached hydrogens (tertiary/aromatic N) is 5. The van der Waals surface area contributed by atoms with Crippen molar-refractivity contribution in [1.29, 1.82) is 0 Å². The van der Waals surface area contributed by atoms with Gasteiger partial charge in [0.15, 0.2) is 22.5 Å². The SMILES string of the molecule is CC[C@H]1CN(c2nc(N)c(C(=O)NCCOC)nc2Cl)CCN1C1CCN(Cc2ccc(Cl)cc2)CC1. The molecule has 2 aromatic rings. The zero-order chi connectivity index (χ0) is 26.4. The van der Waals surface area contributed by atoms with Gasteiger partial charge in [0.1, 0.15) is 0 Å². The number of piperidine rings is 1. The molecule has 1 aromatic heterocycles. The van der Waals surface area contributed by atoms with Crippen molar-refractivity contribution in [3.63, 3.8) is 0 Å². The molecule has 3 heterocycles. The molecule has 0 radical (unpaired) electrons. The normalized spacial score (nSPS) is 19.8. The minimum Gasteiger partial charge on any atom is -0.383 e. The number of amides is 1. The maximum Gasteiger partial charge on any atom is 0.273 e. The third-order valence-corrected chi connectivity index (χ3v) is 7.82. The standard InChI is InChI=1S/C26H37Cl2N7O2/c1-3-20-17-34(25-23(28)31-22(24(29)32-25)26(36)30-10-15-37-2)13-14-35(20)21-8-11-33(12-9-21)16-18-4-6-19(27)7-5-18/h4-7,20-21H,3,8-17H2,1-2H3,(H2,29,32)(H,30,36)/t20-/m0/s1. The van der Waals surface area contributed by atoms with Crippen molar-refractivity contribution in [3.8, 4) is 0 Å². The number of nitrogen functional groups attached to an aromatic ring is 1.